The molecule has 4 heterocycles. The molecule has 5 heteroatoms. The SMILES string of the molecule is c1ccc2c(c1)sc1c(-c3nc(-n4c5ccccc5c5ccccc54)nc4cscc34)cccc12. The molecule has 0 atom stereocenters. The van der Waals surface area contributed by atoms with Crippen molar-refractivity contribution in [3.8, 4) is 17.2 Å². The molecule has 0 bridgehead atoms. The summed E-state index contributed by atoms with van der Waals surface area (Å²) in [5.41, 5.74) is 5.38. The minimum atomic E-state index is 0.710. The third kappa shape index (κ3) is 2.71. The van der Waals surface area contributed by atoms with E-state index in [0.29, 0.717) is 5.95 Å². The minimum absolute atomic E-state index is 0.710. The zero-order valence-corrected chi connectivity index (χ0v) is 20.1. The van der Waals surface area contributed by atoms with Crippen molar-refractivity contribution in [2.45, 2.75) is 0 Å². The molecule has 35 heavy (non-hydrogen) atoms. The van der Waals surface area contributed by atoms with Crippen LogP contribution in [0.25, 0.3) is 70.1 Å². The molecule has 0 spiro atoms. The average molecular weight is 484 g/mol. The van der Waals surface area contributed by atoms with Crippen LogP contribution in [0.5, 0.6) is 0 Å². The predicted molar refractivity (Wildman–Crippen MR) is 150 cm³/mol. The van der Waals surface area contributed by atoms with Crippen molar-refractivity contribution in [3.05, 3.63) is 102 Å². The van der Waals surface area contributed by atoms with Gasteiger partial charge in [-0.05, 0) is 18.2 Å². The Balaban J connectivity index is 1.49. The molecule has 0 N–H and O–H groups in total. The fourth-order valence-corrected chi connectivity index (χ4v) is 7.19. The van der Waals surface area contributed by atoms with Crippen LogP contribution < -0.4 is 0 Å². The highest BCUT2D eigenvalue weighted by molar-refractivity contribution is 7.26. The molecule has 0 fully saturated rings. The highest BCUT2D eigenvalue weighted by Crippen LogP contribution is 2.42. The monoisotopic (exact) mass is 483 g/mol. The van der Waals surface area contributed by atoms with E-state index in [1.54, 1.807) is 11.3 Å². The summed E-state index contributed by atoms with van der Waals surface area (Å²) >= 11 is 3.52. The Morgan fingerprint density at radius 3 is 2.06 bits per heavy atom. The van der Waals surface area contributed by atoms with E-state index in [4.69, 9.17) is 9.97 Å². The Kier molecular flexibility index (Phi) is 3.97. The number of rotatable bonds is 2. The summed E-state index contributed by atoms with van der Waals surface area (Å²) in [7, 11) is 0. The van der Waals surface area contributed by atoms with Gasteiger partial charge in [-0.15, -0.1) is 22.7 Å². The predicted octanol–water partition coefficient (Wildman–Crippen LogP) is 8.82. The van der Waals surface area contributed by atoms with Crippen molar-refractivity contribution in [2.24, 2.45) is 0 Å². The second kappa shape index (κ2) is 7.22. The quantitative estimate of drug-likeness (QED) is 0.246. The van der Waals surface area contributed by atoms with Crippen LogP contribution in [0.15, 0.2) is 102 Å². The third-order valence-electron chi connectivity index (χ3n) is 6.77. The fourth-order valence-electron chi connectivity index (χ4n) is 5.22. The van der Waals surface area contributed by atoms with E-state index >= 15 is 0 Å². The molecule has 0 aliphatic carbocycles. The van der Waals surface area contributed by atoms with Gasteiger partial charge < -0.3 is 0 Å². The van der Waals surface area contributed by atoms with Crippen LogP contribution in [-0.4, -0.2) is 14.5 Å². The standard InChI is InChI=1S/C30H17N3S2/c1-4-13-25-18(8-1)19-9-2-5-14-26(19)33(25)30-31-24-17-34-16-23(24)28(32-30)22-12-7-11-21-20-10-3-6-15-27(20)35-29(21)22/h1-17H. The lowest BCUT2D eigenvalue weighted by Gasteiger charge is -2.10. The maximum absolute atomic E-state index is 5.27. The summed E-state index contributed by atoms with van der Waals surface area (Å²) in [6.07, 6.45) is 0. The van der Waals surface area contributed by atoms with Gasteiger partial charge in [0.2, 0.25) is 5.95 Å². The molecule has 0 saturated heterocycles. The molecule has 4 aromatic heterocycles. The number of thiophene rings is 2. The van der Waals surface area contributed by atoms with Crippen LogP contribution >= 0.6 is 22.7 Å². The van der Waals surface area contributed by atoms with Crippen molar-refractivity contribution in [2.75, 3.05) is 0 Å². The number of para-hydroxylation sites is 2. The van der Waals surface area contributed by atoms with E-state index in [2.05, 4.69) is 106 Å². The number of hydrogen-bond donors (Lipinski definition) is 0. The van der Waals surface area contributed by atoms with Crippen LogP contribution in [-0.2, 0) is 0 Å². The second-order valence-electron chi connectivity index (χ2n) is 8.69. The molecule has 0 amide bonds. The summed E-state index contributed by atoms with van der Waals surface area (Å²) in [4.78, 5) is 10.3. The summed E-state index contributed by atoms with van der Waals surface area (Å²) in [6, 6.07) is 32.2. The van der Waals surface area contributed by atoms with Gasteiger partial charge in [-0.2, -0.15) is 0 Å². The molecule has 164 valence electrons. The van der Waals surface area contributed by atoms with Crippen LogP contribution in [0.2, 0.25) is 0 Å². The Morgan fingerprint density at radius 2 is 1.26 bits per heavy atom. The molecule has 0 aliphatic heterocycles. The summed E-state index contributed by atoms with van der Waals surface area (Å²) in [5.74, 6) is 0.710. The van der Waals surface area contributed by atoms with Gasteiger partial charge in [0, 0.05) is 52.7 Å². The number of benzene rings is 4. The topological polar surface area (TPSA) is 30.7 Å². The first-order valence-electron chi connectivity index (χ1n) is 11.5. The van der Waals surface area contributed by atoms with E-state index in [9.17, 15) is 0 Å². The maximum atomic E-state index is 5.27. The highest BCUT2D eigenvalue weighted by Gasteiger charge is 2.19. The second-order valence-corrected chi connectivity index (χ2v) is 10.5. The number of aromatic nitrogens is 3. The Bertz CT molecular complexity index is 2020. The fraction of sp³-hybridized carbons (Fsp3) is 0. The molecule has 8 rings (SSSR count). The molecule has 0 unspecified atom stereocenters. The zero-order chi connectivity index (χ0) is 22.9. The van der Waals surface area contributed by atoms with Crippen molar-refractivity contribution in [1.82, 2.24) is 14.5 Å². The lowest BCUT2D eigenvalue weighted by atomic mass is 10.1. The van der Waals surface area contributed by atoms with Gasteiger partial charge in [0.1, 0.15) is 0 Å². The molecule has 0 radical (unpaired) electrons. The van der Waals surface area contributed by atoms with Gasteiger partial charge in [-0.25, -0.2) is 9.97 Å². The lowest BCUT2D eigenvalue weighted by Crippen LogP contribution is -2.02. The zero-order valence-electron chi connectivity index (χ0n) is 18.5. The molecular formula is C30H17N3S2. The third-order valence-corrected chi connectivity index (χ3v) is 8.72. The summed E-state index contributed by atoms with van der Waals surface area (Å²) < 4.78 is 4.78. The first-order chi connectivity index (χ1) is 17.4. The molecule has 4 aromatic carbocycles. The van der Waals surface area contributed by atoms with Crippen molar-refractivity contribution in [3.63, 3.8) is 0 Å². The van der Waals surface area contributed by atoms with E-state index < -0.39 is 0 Å². The molecular weight excluding hydrogens is 466 g/mol. The number of nitrogens with zero attached hydrogens (tertiary/aromatic N) is 3. The van der Waals surface area contributed by atoms with E-state index in [1.165, 1.54) is 30.9 Å². The van der Waals surface area contributed by atoms with Gasteiger partial charge >= 0.3 is 0 Å². The van der Waals surface area contributed by atoms with Crippen LogP contribution in [0.1, 0.15) is 0 Å². The van der Waals surface area contributed by atoms with Crippen molar-refractivity contribution < 1.29 is 0 Å². The minimum Gasteiger partial charge on any atom is -0.278 e. The van der Waals surface area contributed by atoms with E-state index in [-0.39, 0.29) is 0 Å². The summed E-state index contributed by atoms with van der Waals surface area (Å²) in [6.45, 7) is 0. The van der Waals surface area contributed by atoms with E-state index in [1.807, 2.05) is 11.3 Å². The number of fused-ring (bicyclic) bond motifs is 7. The lowest BCUT2D eigenvalue weighted by molar-refractivity contribution is 1.02. The maximum Gasteiger partial charge on any atom is 0.235 e. The Labute approximate surface area is 208 Å². The van der Waals surface area contributed by atoms with Crippen LogP contribution in [0.4, 0.5) is 0 Å². The number of hydrogen-bond acceptors (Lipinski definition) is 4. The average Bonchev–Trinajstić information content (AvgIpc) is 3.61. The van der Waals surface area contributed by atoms with Crippen LogP contribution in [0, 0.1) is 0 Å². The van der Waals surface area contributed by atoms with E-state index in [0.717, 1.165) is 33.2 Å². The Hall–Kier alpha value is -4.06. The molecule has 3 nitrogen and oxygen atoms in total. The highest BCUT2D eigenvalue weighted by atomic mass is 32.1. The van der Waals surface area contributed by atoms with Gasteiger partial charge in [-0.1, -0.05) is 72.8 Å². The molecule has 8 aromatic rings. The Morgan fingerprint density at radius 1 is 0.571 bits per heavy atom. The van der Waals surface area contributed by atoms with Crippen LogP contribution in [0.3, 0.4) is 0 Å². The molecule has 0 aliphatic rings. The first kappa shape index (κ1) is 19.3. The molecule has 0 saturated carbocycles. The van der Waals surface area contributed by atoms with Gasteiger partial charge in [0.05, 0.1) is 22.2 Å². The van der Waals surface area contributed by atoms with Crippen molar-refractivity contribution in [1.29, 1.82) is 0 Å². The van der Waals surface area contributed by atoms with Gasteiger partial charge in [0.25, 0.3) is 0 Å². The largest absolute Gasteiger partial charge is 0.278 e. The summed E-state index contributed by atoms with van der Waals surface area (Å²) in [5, 5.41) is 10.4. The van der Waals surface area contributed by atoms with Gasteiger partial charge in [0.15, 0.2) is 0 Å². The first-order valence-corrected chi connectivity index (χ1v) is 13.3. The van der Waals surface area contributed by atoms with Gasteiger partial charge in [-0.3, -0.25) is 4.57 Å². The normalized spacial score (nSPS) is 12.0. The van der Waals surface area contributed by atoms with Crippen molar-refractivity contribution >= 4 is 75.6 Å². The smallest absolute Gasteiger partial charge is 0.235 e.